The Balaban J connectivity index is 1.48. The second-order valence-electron chi connectivity index (χ2n) is 7.33. The molecule has 1 saturated heterocycles. The normalized spacial score (nSPS) is 19.9. The van der Waals surface area contributed by atoms with Crippen LogP contribution in [0.4, 0.5) is 4.79 Å². The second kappa shape index (κ2) is 9.20. The standard InChI is InChI=1S/C20H31N3O2/c24-15-14-23(16-17-6-2-1-3-7-17)20(25)21-18-10-12-22(13-11-18)19-8-4-5-9-19/h1-3,6-7,18-19,24H,4-5,8-16H2,(H,21,25). The van der Waals surface area contributed by atoms with Crippen LogP contribution in [0.5, 0.6) is 0 Å². The number of nitrogens with one attached hydrogen (secondary N) is 1. The van der Waals surface area contributed by atoms with Gasteiger partial charge in [0.05, 0.1) is 6.61 Å². The number of aliphatic hydroxyl groups is 1. The van der Waals surface area contributed by atoms with E-state index in [-0.39, 0.29) is 18.7 Å². The third kappa shape index (κ3) is 5.19. The van der Waals surface area contributed by atoms with Crippen LogP contribution in [-0.2, 0) is 6.54 Å². The van der Waals surface area contributed by atoms with Crippen LogP contribution < -0.4 is 5.32 Å². The number of carbonyl (C=O) groups excluding carboxylic acids is 1. The molecule has 2 aliphatic rings. The van der Waals surface area contributed by atoms with Crippen LogP contribution in [0.1, 0.15) is 44.1 Å². The van der Waals surface area contributed by atoms with Gasteiger partial charge in [0.2, 0.25) is 0 Å². The molecule has 2 N–H and O–H groups in total. The highest BCUT2D eigenvalue weighted by molar-refractivity contribution is 5.74. The minimum Gasteiger partial charge on any atom is -0.395 e. The summed E-state index contributed by atoms with van der Waals surface area (Å²) in [5.74, 6) is 0. The highest BCUT2D eigenvalue weighted by Crippen LogP contribution is 2.26. The quantitative estimate of drug-likeness (QED) is 0.833. The van der Waals surface area contributed by atoms with Gasteiger partial charge in [-0.25, -0.2) is 4.79 Å². The van der Waals surface area contributed by atoms with Crippen molar-refractivity contribution in [3.63, 3.8) is 0 Å². The largest absolute Gasteiger partial charge is 0.395 e. The summed E-state index contributed by atoms with van der Waals surface area (Å²) < 4.78 is 0. The number of nitrogens with zero attached hydrogens (tertiary/aromatic N) is 2. The molecule has 1 aromatic rings. The summed E-state index contributed by atoms with van der Waals surface area (Å²) in [5, 5.41) is 12.5. The van der Waals surface area contributed by atoms with Crippen LogP contribution in [0, 0.1) is 0 Å². The minimum absolute atomic E-state index is 0.0135. The molecule has 0 bridgehead atoms. The number of hydrogen-bond acceptors (Lipinski definition) is 3. The first-order valence-corrected chi connectivity index (χ1v) is 9.70. The van der Waals surface area contributed by atoms with E-state index in [1.165, 1.54) is 25.7 Å². The van der Waals surface area contributed by atoms with Gasteiger partial charge in [-0.15, -0.1) is 0 Å². The van der Waals surface area contributed by atoms with E-state index in [9.17, 15) is 9.90 Å². The van der Waals surface area contributed by atoms with Crippen LogP contribution in [0.3, 0.4) is 0 Å². The van der Waals surface area contributed by atoms with E-state index in [1.807, 2.05) is 30.3 Å². The highest BCUT2D eigenvalue weighted by Gasteiger charge is 2.28. The Kier molecular flexibility index (Phi) is 6.70. The second-order valence-corrected chi connectivity index (χ2v) is 7.33. The topological polar surface area (TPSA) is 55.8 Å². The number of rotatable bonds is 6. The summed E-state index contributed by atoms with van der Waals surface area (Å²) in [7, 11) is 0. The molecular formula is C20H31N3O2. The minimum atomic E-state index is -0.0581. The lowest BCUT2D eigenvalue weighted by molar-refractivity contribution is 0.136. The predicted octanol–water partition coefficient (Wildman–Crippen LogP) is 2.60. The molecule has 25 heavy (non-hydrogen) atoms. The molecule has 1 aliphatic carbocycles. The van der Waals surface area contributed by atoms with Crippen molar-refractivity contribution in [2.24, 2.45) is 0 Å². The number of carbonyl (C=O) groups is 1. The maximum absolute atomic E-state index is 12.6. The van der Waals surface area contributed by atoms with Gasteiger partial charge >= 0.3 is 6.03 Å². The van der Waals surface area contributed by atoms with Crippen molar-refractivity contribution in [2.75, 3.05) is 26.2 Å². The molecule has 2 amide bonds. The van der Waals surface area contributed by atoms with E-state index in [0.29, 0.717) is 13.1 Å². The fourth-order valence-electron chi connectivity index (χ4n) is 4.12. The van der Waals surface area contributed by atoms with Gasteiger partial charge in [0.25, 0.3) is 0 Å². The number of piperidine rings is 1. The Morgan fingerprint density at radius 1 is 1.12 bits per heavy atom. The summed E-state index contributed by atoms with van der Waals surface area (Å²) >= 11 is 0. The number of benzene rings is 1. The molecule has 0 aromatic heterocycles. The monoisotopic (exact) mass is 345 g/mol. The summed E-state index contributed by atoms with van der Waals surface area (Å²) in [6, 6.07) is 10.9. The molecule has 1 heterocycles. The first kappa shape index (κ1) is 18.2. The molecular weight excluding hydrogens is 314 g/mol. The molecule has 0 radical (unpaired) electrons. The Morgan fingerprint density at radius 2 is 1.80 bits per heavy atom. The smallest absolute Gasteiger partial charge is 0.317 e. The first-order valence-electron chi connectivity index (χ1n) is 9.70. The van der Waals surface area contributed by atoms with Crippen molar-refractivity contribution in [1.82, 2.24) is 15.1 Å². The van der Waals surface area contributed by atoms with E-state index in [1.54, 1.807) is 4.90 Å². The zero-order chi connectivity index (χ0) is 17.5. The molecule has 5 nitrogen and oxygen atoms in total. The lowest BCUT2D eigenvalue weighted by Gasteiger charge is -2.37. The molecule has 3 rings (SSSR count). The van der Waals surface area contributed by atoms with Crippen LogP contribution in [-0.4, -0.2) is 59.3 Å². The Hall–Kier alpha value is -1.59. The van der Waals surface area contributed by atoms with Gasteiger partial charge in [-0.2, -0.15) is 0 Å². The SMILES string of the molecule is O=C(NC1CCN(C2CCCC2)CC1)N(CCO)Cc1ccccc1. The van der Waals surface area contributed by atoms with Crippen molar-refractivity contribution < 1.29 is 9.90 Å². The molecule has 5 heteroatoms. The Labute approximate surface area is 151 Å². The summed E-state index contributed by atoms with van der Waals surface area (Å²) in [5.41, 5.74) is 1.09. The van der Waals surface area contributed by atoms with Gasteiger partial charge in [0.1, 0.15) is 0 Å². The molecule has 0 spiro atoms. The van der Waals surface area contributed by atoms with Gasteiger partial charge in [0.15, 0.2) is 0 Å². The molecule has 1 saturated carbocycles. The third-order valence-electron chi connectivity index (χ3n) is 5.57. The summed E-state index contributed by atoms with van der Waals surface area (Å²) in [4.78, 5) is 17.0. The van der Waals surface area contributed by atoms with Crippen molar-refractivity contribution in [3.05, 3.63) is 35.9 Å². The Morgan fingerprint density at radius 3 is 2.44 bits per heavy atom. The van der Waals surface area contributed by atoms with Gasteiger partial charge < -0.3 is 20.2 Å². The lowest BCUT2D eigenvalue weighted by Crippen LogP contribution is -2.51. The van der Waals surface area contributed by atoms with Crippen LogP contribution in [0.15, 0.2) is 30.3 Å². The van der Waals surface area contributed by atoms with Crippen molar-refractivity contribution in [1.29, 1.82) is 0 Å². The number of aliphatic hydroxyl groups excluding tert-OH is 1. The third-order valence-corrected chi connectivity index (χ3v) is 5.57. The van der Waals surface area contributed by atoms with Crippen molar-refractivity contribution in [2.45, 2.75) is 57.2 Å². The van der Waals surface area contributed by atoms with Gasteiger partial charge in [0, 0.05) is 38.3 Å². The predicted molar refractivity (Wildman–Crippen MR) is 99.3 cm³/mol. The zero-order valence-corrected chi connectivity index (χ0v) is 15.1. The molecule has 1 aliphatic heterocycles. The average Bonchev–Trinajstić information content (AvgIpc) is 3.17. The molecule has 0 unspecified atom stereocenters. The lowest BCUT2D eigenvalue weighted by atomic mass is 10.0. The number of likely N-dealkylation sites (tertiary alicyclic amines) is 1. The van der Waals surface area contributed by atoms with Crippen molar-refractivity contribution in [3.8, 4) is 0 Å². The highest BCUT2D eigenvalue weighted by atomic mass is 16.3. The van der Waals surface area contributed by atoms with Crippen LogP contribution in [0.25, 0.3) is 0 Å². The average molecular weight is 345 g/mol. The van der Waals surface area contributed by atoms with Crippen LogP contribution >= 0.6 is 0 Å². The molecule has 1 aromatic carbocycles. The van der Waals surface area contributed by atoms with E-state index in [4.69, 9.17) is 0 Å². The number of hydrogen-bond donors (Lipinski definition) is 2. The zero-order valence-electron chi connectivity index (χ0n) is 15.1. The molecule has 0 atom stereocenters. The van der Waals surface area contributed by atoms with E-state index in [2.05, 4.69) is 10.2 Å². The number of amides is 2. The summed E-state index contributed by atoms with van der Waals surface area (Å²) in [6.45, 7) is 3.07. The number of urea groups is 1. The first-order chi connectivity index (χ1) is 12.3. The Bertz CT molecular complexity index is 523. The van der Waals surface area contributed by atoms with E-state index < -0.39 is 0 Å². The van der Waals surface area contributed by atoms with Gasteiger partial charge in [-0.1, -0.05) is 43.2 Å². The van der Waals surface area contributed by atoms with Crippen molar-refractivity contribution >= 4 is 6.03 Å². The van der Waals surface area contributed by atoms with Gasteiger partial charge in [-0.05, 0) is 31.2 Å². The maximum Gasteiger partial charge on any atom is 0.317 e. The van der Waals surface area contributed by atoms with E-state index in [0.717, 1.165) is 37.5 Å². The van der Waals surface area contributed by atoms with E-state index >= 15 is 0 Å². The van der Waals surface area contributed by atoms with Crippen LogP contribution in [0.2, 0.25) is 0 Å². The fraction of sp³-hybridized carbons (Fsp3) is 0.650. The fourth-order valence-corrected chi connectivity index (χ4v) is 4.12. The summed E-state index contributed by atoms with van der Waals surface area (Å²) in [6.07, 6.45) is 7.49. The maximum atomic E-state index is 12.6. The molecule has 138 valence electrons. The molecule has 2 fully saturated rings. The van der Waals surface area contributed by atoms with Gasteiger partial charge in [-0.3, -0.25) is 0 Å².